The van der Waals surface area contributed by atoms with Crippen molar-refractivity contribution in [3.8, 4) is 0 Å². The van der Waals surface area contributed by atoms with Crippen LogP contribution in [-0.2, 0) is 4.79 Å². The lowest BCUT2D eigenvalue weighted by molar-refractivity contribution is -0.116. The van der Waals surface area contributed by atoms with Crippen LogP contribution in [0.5, 0.6) is 0 Å². The largest absolute Gasteiger partial charge is 0.330 e. The molecule has 0 aliphatic heterocycles. The summed E-state index contributed by atoms with van der Waals surface area (Å²) >= 11 is 3.36. The molecule has 0 aromatic carbocycles. The van der Waals surface area contributed by atoms with Gasteiger partial charge < -0.3 is 11.1 Å². The zero-order valence-corrected chi connectivity index (χ0v) is 13.1. The summed E-state index contributed by atoms with van der Waals surface area (Å²) in [7, 11) is 0. The van der Waals surface area contributed by atoms with Crippen LogP contribution >= 0.6 is 15.9 Å². The van der Waals surface area contributed by atoms with Crippen molar-refractivity contribution in [3.63, 3.8) is 0 Å². The Balaban J connectivity index is 2.45. The molecule has 0 spiro atoms. The SMILES string of the molecule is CC(C)C(CCN)CCC(=O)Nc1ncccc1Br. The maximum atomic E-state index is 11.9. The van der Waals surface area contributed by atoms with E-state index in [2.05, 4.69) is 40.1 Å². The van der Waals surface area contributed by atoms with Gasteiger partial charge in [-0.3, -0.25) is 4.79 Å². The molecule has 0 radical (unpaired) electrons. The van der Waals surface area contributed by atoms with Crippen LogP contribution < -0.4 is 11.1 Å². The molecule has 1 aromatic rings. The highest BCUT2D eigenvalue weighted by Gasteiger charge is 2.15. The number of carbonyl (C=O) groups is 1. The molecular weight excluding hydrogens is 306 g/mol. The summed E-state index contributed by atoms with van der Waals surface area (Å²) < 4.78 is 0.797. The second-order valence-electron chi connectivity index (χ2n) is 5.00. The second kappa shape index (κ2) is 8.27. The van der Waals surface area contributed by atoms with Crippen molar-refractivity contribution < 1.29 is 4.79 Å². The molecule has 0 aliphatic carbocycles. The fourth-order valence-corrected chi connectivity index (χ4v) is 2.37. The molecule has 106 valence electrons. The molecule has 0 saturated heterocycles. The van der Waals surface area contributed by atoms with Crippen LogP contribution in [0.3, 0.4) is 0 Å². The average molecular weight is 328 g/mol. The number of pyridine rings is 1. The van der Waals surface area contributed by atoms with Crippen molar-refractivity contribution >= 4 is 27.7 Å². The number of nitrogens with one attached hydrogen (secondary N) is 1. The van der Waals surface area contributed by atoms with Gasteiger partial charge in [0.25, 0.3) is 0 Å². The van der Waals surface area contributed by atoms with E-state index in [1.807, 2.05) is 12.1 Å². The van der Waals surface area contributed by atoms with E-state index in [9.17, 15) is 4.79 Å². The molecule has 1 aromatic heterocycles. The smallest absolute Gasteiger partial charge is 0.225 e. The van der Waals surface area contributed by atoms with Gasteiger partial charge in [-0.1, -0.05) is 13.8 Å². The first-order chi connectivity index (χ1) is 9.04. The highest BCUT2D eigenvalue weighted by atomic mass is 79.9. The number of carbonyl (C=O) groups excluding carboxylic acids is 1. The second-order valence-corrected chi connectivity index (χ2v) is 5.86. The Morgan fingerprint density at radius 3 is 2.79 bits per heavy atom. The molecule has 19 heavy (non-hydrogen) atoms. The Kier molecular flexibility index (Phi) is 7.02. The van der Waals surface area contributed by atoms with Gasteiger partial charge in [-0.2, -0.15) is 0 Å². The Hall–Kier alpha value is -0.940. The average Bonchev–Trinajstić information content (AvgIpc) is 2.37. The third-order valence-electron chi connectivity index (χ3n) is 3.24. The number of anilines is 1. The number of nitrogens with zero attached hydrogens (tertiary/aromatic N) is 1. The van der Waals surface area contributed by atoms with Gasteiger partial charge >= 0.3 is 0 Å². The van der Waals surface area contributed by atoms with Crippen LogP contribution in [-0.4, -0.2) is 17.4 Å². The molecule has 0 aliphatic rings. The van der Waals surface area contributed by atoms with Gasteiger partial charge in [0, 0.05) is 12.6 Å². The zero-order chi connectivity index (χ0) is 14.3. The van der Waals surface area contributed by atoms with E-state index in [-0.39, 0.29) is 5.91 Å². The van der Waals surface area contributed by atoms with Gasteiger partial charge in [0.15, 0.2) is 0 Å². The zero-order valence-electron chi connectivity index (χ0n) is 11.5. The third kappa shape index (κ3) is 5.70. The Bertz CT molecular complexity index is 409. The maximum Gasteiger partial charge on any atom is 0.225 e. The van der Waals surface area contributed by atoms with Crippen molar-refractivity contribution in [2.24, 2.45) is 17.6 Å². The number of rotatable bonds is 7. The number of nitrogens with two attached hydrogens (primary N) is 1. The summed E-state index contributed by atoms with van der Waals surface area (Å²) in [5, 5.41) is 2.82. The first kappa shape index (κ1) is 16.1. The Labute approximate surface area is 123 Å². The number of aromatic nitrogens is 1. The molecule has 1 atom stereocenters. The number of hydrogen-bond donors (Lipinski definition) is 2. The van der Waals surface area contributed by atoms with E-state index in [1.54, 1.807) is 6.20 Å². The molecule has 5 heteroatoms. The fourth-order valence-electron chi connectivity index (χ4n) is 2.01. The fraction of sp³-hybridized carbons (Fsp3) is 0.571. The summed E-state index contributed by atoms with van der Waals surface area (Å²) in [5.74, 6) is 1.63. The van der Waals surface area contributed by atoms with Crippen molar-refractivity contribution in [1.82, 2.24) is 4.98 Å². The predicted molar refractivity (Wildman–Crippen MR) is 81.8 cm³/mol. The van der Waals surface area contributed by atoms with E-state index in [0.717, 1.165) is 17.3 Å². The van der Waals surface area contributed by atoms with Crippen LogP contribution in [0, 0.1) is 11.8 Å². The van der Waals surface area contributed by atoms with Gasteiger partial charge in [0.05, 0.1) is 4.47 Å². The van der Waals surface area contributed by atoms with Crippen LogP contribution in [0.1, 0.15) is 33.1 Å². The summed E-state index contributed by atoms with van der Waals surface area (Å²) in [6.45, 7) is 5.03. The van der Waals surface area contributed by atoms with Crippen LogP contribution in [0.15, 0.2) is 22.8 Å². The van der Waals surface area contributed by atoms with E-state index in [4.69, 9.17) is 5.73 Å². The van der Waals surface area contributed by atoms with E-state index in [0.29, 0.717) is 30.6 Å². The summed E-state index contributed by atoms with van der Waals surface area (Å²) in [6, 6.07) is 3.67. The lowest BCUT2D eigenvalue weighted by atomic mass is 9.88. The molecule has 0 saturated carbocycles. The van der Waals surface area contributed by atoms with E-state index < -0.39 is 0 Å². The van der Waals surface area contributed by atoms with Crippen molar-refractivity contribution in [3.05, 3.63) is 22.8 Å². The molecule has 1 heterocycles. The number of halogens is 1. The summed E-state index contributed by atoms with van der Waals surface area (Å²) in [4.78, 5) is 16.0. The Morgan fingerprint density at radius 1 is 1.47 bits per heavy atom. The van der Waals surface area contributed by atoms with Crippen molar-refractivity contribution in [2.75, 3.05) is 11.9 Å². The Morgan fingerprint density at radius 2 is 2.21 bits per heavy atom. The lowest BCUT2D eigenvalue weighted by Crippen LogP contribution is -2.19. The normalized spacial score (nSPS) is 12.5. The van der Waals surface area contributed by atoms with Gasteiger partial charge in [0.2, 0.25) is 5.91 Å². The highest BCUT2D eigenvalue weighted by molar-refractivity contribution is 9.10. The van der Waals surface area contributed by atoms with E-state index >= 15 is 0 Å². The minimum atomic E-state index is 0.00192. The van der Waals surface area contributed by atoms with Crippen LogP contribution in [0.25, 0.3) is 0 Å². The number of hydrogen-bond acceptors (Lipinski definition) is 3. The van der Waals surface area contributed by atoms with Gasteiger partial charge in [-0.15, -0.1) is 0 Å². The van der Waals surface area contributed by atoms with Gasteiger partial charge in [-0.05, 0) is 59.3 Å². The lowest BCUT2D eigenvalue weighted by Gasteiger charge is -2.19. The standard InChI is InChI=1S/C14H22BrN3O/c1-10(2)11(7-8-16)5-6-13(19)18-14-12(15)4-3-9-17-14/h3-4,9-11H,5-8,16H2,1-2H3,(H,17,18,19). The predicted octanol–water partition coefficient (Wildman–Crippen LogP) is 3.18. The van der Waals surface area contributed by atoms with Crippen LogP contribution in [0.4, 0.5) is 5.82 Å². The van der Waals surface area contributed by atoms with Crippen molar-refractivity contribution in [1.29, 1.82) is 0 Å². The van der Waals surface area contributed by atoms with E-state index in [1.165, 1.54) is 0 Å². The molecule has 1 unspecified atom stereocenters. The molecule has 3 N–H and O–H groups in total. The highest BCUT2D eigenvalue weighted by Crippen LogP contribution is 2.22. The molecule has 0 fully saturated rings. The summed E-state index contributed by atoms with van der Waals surface area (Å²) in [6.07, 6.45) is 4.00. The van der Waals surface area contributed by atoms with Gasteiger partial charge in [0.1, 0.15) is 5.82 Å². The van der Waals surface area contributed by atoms with Crippen molar-refractivity contribution in [2.45, 2.75) is 33.1 Å². The topological polar surface area (TPSA) is 68.0 Å². The first-order valence-electron chi connectivity index (χ1n) is 6.65. The molecule has 0 bridgehead atoms. The molecule has 1 amide bonds. The summed E-state index contributed by atoms with van der Waals surface area (Å²) in [5.41, 5.74) is 5.60. The molecule has 1 rings (SSSR count). The monoisotopic (exact) mass is 327 g/mol. The minimum Gasteiger partial charge on any atom is -0.330 e. The molecular formula is C14H22BrN3O. The quantitative estimate of drug-likeness (QED) is 0.808. The minimum absolute atomic E-state index is 0.00192. The van der Waals surface area contributed by atoms with Gasteiger partial charge in [-0.25, -0.2) is 4.98 Å². The molecule has 4 nitrogen and oxygen atoms in total. The number of amides is 1. The van der Waals surface area contributed by atoms with Crippen LogP contribution in [0.2, 0.25) is 0 Å². The maximum absolute atomic E-state index is 11.9. The first-order valence-corrected chi connectivity index (χ1v) is 7.44. The third-order valence-corrected chi connectivity index (χ3v) is 3.88.